The molecule has 54 heavy (non-hydrogen) atoms. The van der Waals surface area contributed by atoms with E-state index in [2.05, 4.69) is 26.6 Å². The molecule has 2 saturated heterocycles. The Morgan fingerprint density at radius 2 is 1.26 bits per heavy atom. The summed E-state index contributed by atoms with van der Waals surface area (Å²) in [4.78, 5) is 65.3. The Morgan fingerprint density at radius 3 is 1.85 bits per heavy atom. The van der Waals surface area contributed by atoms with E-state index in [0.29, 0.717) is 50.5 Å². The summed E-state index contributed by atoms with van der Waals surface area (Å²) in [6.45, 7) is 5.92. The maximum atomic E-state index is 13.7. The van der Waals surface area contributed by atoms with E-state index in [0.717, 1.165) is 23.5 Å². The molecule has 3 aromatic carbocycles. The van der Waals surface area contributed by atoms with Gasteiger partial charge in [0.15, 0.2) is 0 Å². The SMILES string of the molecule is CC(C)C[C@H](NC(=O)[C@H](Cc1ccccc1)NC(=O)CNC(=O)c1ccc(OCC2CO2)cc1)C(=O)NCC(=O)NCCc1ccc(OCC2CO2)cc1. The average Bonchev–Trinajstić information content (AvgIpc) is 4.11. The molecule has 5 N–H and O–H groups in total. The molecular formula is C40H49N5O9. The van der Waals surface area contributed by atoms with Gasteiger partial charge in [-0.1, -0.05) is 56.3 Å². The molecule has 0 saturated carbocycles. The molecule has 0 bridgehead atoms. The van der Waals surface area contributed by atoms with E-state index >= 15 is 0 Å². The molecule has 2 fully saturated rings. The quantitative estimate of drug-likeness (QED) is 0.0955. The first-order valence-electron chi connectivity index (χ1n) is 18.3. The molecule has 2 heterocycles. The normalized spacial score (nSPS) is 16.6. The molecule has 0 spiro atoms. The number of carbonyl (C=O) groups excluding carboxylic acids is 5. The van der Waals surface area contributed by atoms with E-state index < -0.39 is 35.7 Å². The zero-order valence-electron chi connectivity index (χ0n) is 30.6. The Kier molecular flexibility index (Phi) is 14.8. The summed E-state index contributed by atoms with van der Waals surface area (Å²) >= 11 is 0. The number of ether oxygens (including phenoxy) is 4. The summed E-state index contributed by atoms with van der Waals surface area (Å²) in [5, 5.41) is 13.5. The fourth-order valence-corrected chi connectivity index (χ4v) is 5.40. The Bertz CT molecular complexity index is 1690. The van der Waals surface area contributed by atoms with Gasteiger partial charge in [0.25, 0.3) is 5.91 Å². The number of benzene rings is 3. The van der Waals surface area contributed by atoms with E-state index in [9.17, 15) is 24.0 Å². The summed E-state index contributed by atoms with van der Waals surface area (Å²) in [5.41, 5.74) is 2.14. The lowest BCUT2D eigenvalue weighted by Crippen LogP contribution is -2.56. The topological polar surface area (TPSA) is 189 Å². The number of epoxide rings is 2. The third-order valence-electron chi connectivity index (χ3n) is 8.56. The van der Waals surface area contributed by atoms with E-state index in [1.807, 2.05) is 68.4 Å². The first-order valence-corrected chi connectivity index (χ1v) is 18.3. The summed E-state index contributed by atoms with van der Waals surface area (Å²) in [6.07, 6.45) is 1.32. The van der Waals surface area contributed by atoms with Crippen LogP contribution in [0.5, 0.6) is 11.5 Å². The van der Waals surface area contributed by atoms with Crippen LogP contribution in [0.2, 0.25) is 0 Å². The molecule has 14 nitrogen and oxygen atoms in total. The van der Waals surface area contributed by atoms with Crippen LogP contribution < -0.4 is 36.1 Å². The van der Waals surface area contributed by atoms with Crippen molar-refractivity contribution in [1.29, 1.82) is 0 Å². The largest absolute Gasteiger partial charge is 0.491 e. The fourth-order valence-electron chi connectivity index (χ4n) is 5.40. The minimum absolute atomic E-state index is 0.0268. The van der Waals surface area contributed by atoms with Gasteiger partial charge in [-0.2, -0.15) is 0 Å². The monoisotopic (exact) mass is 743 g/mol. The van der Waals surface area contributed by atoms with Crippen LogP contribution in [0, 0.1) is 5.92 Å². The second kappa shape index (κ2) is 20.1. The Balaban J connectivity index is 1.09. The molecule has 288 valence electrons. The number of carbonyl (C=O) groups is 5. The van der Waals surface area contributed by atoms with Crippen molar-refractivity contribution in [3.63, 3.8) is 0 Å². The van der Waals surface area contributed by atoms with Crippen molar-refractivity contribution < 1.29 is 42.9 Å². The Labute approximate surface area is 315 Å². The zero-order valence-corrected chi connectivity index (χ0v) is 30.6. The van der Waals surface area contributed by atoms with Crippen molar-refractivity contribution >= 4 is 29.5 Å². The molecule has 5 rings (SSSR count). The molecule has 14 heteroatoms. The maximum absolute atomic E-state index is 13.7. The molecule has 3 aromatic rings. The number of nitrogens with one attached hydrogen (secondary N) is 5. The van der Waals surface area contributed by atoms with E-state index in [1.165, 1.54) is 0 Å². The van der Waals surface area contributed by atoms with Crippen LogP contribution in [0.15, 0.2) is 78.9 Å². The van der Waals surface area contributed by atoms with Crippen LogP contribution in [0.4, 0.5) is 0 Å². The van der Waals surface area contributed by atoms with Gasteiger partial charge < -0.3 is 45.5 Å². The van der Waals surface area contributed by atoms with Gasteiger partial charge in [0.2, 0.25) is 23.6 Å². The van der Waals surface area contributed by atoms with Gasteiger partial charge in [0, 0.05) is 18.5 Å². The van der Waals surface area contributed by atoms with Crippen molar-refractivity contribution in [3.8, 4) is 11.5 Å². The average molecular weight is 744 g/mol. The predicted molar refractivity (Wildman–Crippen MR) is 199 cm³/mol. The third-order valence-corrected chi connectivity index (χ3v) is 8.56. The first-order chi connectivity index (χ1) is 26.1. The number of rotatable bonds is 22. The fraction of sp³-hybridized carbons (Fsp3) is 0.425. The van der Waals surface area contributed by atoms with E-state index in [-0.39, 0.29) is 43.5 Å². The summed E-state index contributed by atoms with van der Waals surface area (Å²) in [7, 11) is 0. The molecule has 2 aliphatic rings. The highest BCUT2D eigenvalue weighted by Crippen LogP contribution is 2.17. The minimum Gasteiger partial charge on any atom is -0.491 e. The minimum atomic E-state index is -1.05. The van der Waals surface area contributed by atoms with Gasteiger partial charge in [0.05, 0.1) is 26.3 Å². The molecule has 5 amide bonds. The highest BCUT2D eigenvalue weighted by Gasteiger charge is 2.28. The standard InChI is InChI=1S/C40H49N5O9/c1-26(2)18-34(39(49)43-20-36(46)41-17-16-27-8-12-30(13-9-27)51-22-32-24-53-32)45-40(50)35(19-28-6-4-3-5-7-28)44-37(47)21-42-38(48)29-10-14-31(15-11-29)52-23-33-25-54-33/h3-15,26,32-35H,16-25H2,1-2H3,(H,41,46)(H,42,48)(H,43,49)(H,44,47)(H,45,50)/t32?,33?,34-,35-/m0/s1. The van der Waals surface area contributed by atoms with Crippen LogP contribution >= 0.6 is 0 Å². The predicted octanol–water partition coefficient (Wildman–Crippen LogP) is 1.71. The summed E-state index contributed by atoms with van der Waals surface area (Å²) < 4.78 is 21.5. The summed E-state index contributed by atoms with van der Waals surface area (Å²) in [5.74, 6) is -1.14. The molecule has 2 unspecified atom stereocenters. The number of hydrogen-bond donors (Lipinski definition) is 5. The van der Waals surface area contributed by atoms with Crippen molar-refractivity contribution in [1.82, 2.24) is 26.6 Å². The third kappa shape index (κ3) is 14.2. The molecule has 0 radical (unpaired) electrons. The molecule has 2 aliphatic heterocycles. The van der Waals surface area contributed by atoms with Gasteiger partial charge in [0.1, 0.15) is 49.0 Å². The molecule has 0 aliphatic carbocycles. The smallest absolute Gasteiger partial charge is 0.251 e. The van der Waals surface area contributed by atoms with Crippen LogP contribution in [-0.2, 0) is 41.5 Å². The van der Waals surface area contributed by atoms with Crippen LogP contribution in [0.3, 0.4) is 0 Å². The molecular weight excluding hydrogens is 694 g/mol. The Morgan fingerprint density at radius 1 is 0.667 bits per heavy atom. The summed E-state index contributed by atoms with van der Waals surface area (Å²) in [6, 6.07) is 21.2. The van der Waals surface area contributed by atoms with Gasteiger partial charge >= 0.3 is 0 Å². The maximum Gasteiger partial charge on any atom is 0.251 e. The second-order valence-corrected chi connectivity index (χ2v) is 13.7. The van der Waals surface area contributed by atoms with Gasteiger partial charge in [-0.3, -0.25) is 24.0 Å². The van der Waals surface area contributed by atoms with Crippen molar-refractivity contribution in [2.45, 2.75) is 57.4 Å². The number of amides is 5. The zero-order chi connectivity index (χ0) is 38.3. The molecule has 4 atom stereocenters. The lowest BCUT2D eigenvalue weighted by Gasteiger charge is -2.24. The number of hydrogen-bond acceptors (Lipinski definition) is 9. The second-order valence-electron chi connectivity index (χ2n) is 13.7. The lowest BCUT2D eigenvalue weighted by molar-refractivity contribution is -0.132. The van der Waals surface area contributed by atoms with Gasteiger partial charge in [-0.15, -0.1) is 0 Å². The Hall–Kier alpha value is -5.47. The lowest BCUT2D eigenvalue weighted by atomic mass is 10.0. The van der Waals surface area contributed by atoms with Gasteiger partial charge in [-0.05, 0) is 66.3 Å². The van der Waals surface area contributed by atoms with Crippen molar-refractivity contribution in [2.24, 2.45) is 5.92 Å². The first kappa shape index (κ1) is 39.7. The van der Waals surface area contributed by atoms with Crippen LogP contribution in [-0.4, -0.2) is 99.9 Å². The molecule has 0 aromatic heterocycles. The van der Waals surface area contributed by atoms with E-state index in [1.54, 1.807) is 24.3 Å². The van der Waals surface area contributed by atoms with Gasteiger partial charge in [-0.25, -0.2) is 0 Å². The highest BCUT2D eigenvalue weighted by molar-refractivity contribution is 5.97. The van der Waals surface area contributed by atoms with E-state index in [4.69, 9.17) is 18.9 Å². The van der Waals surface area contributed by atoms with Crippen molar-refractivity contribution in [3.05, 3.63) is 95.6 Å². The van der Waals surface area contributed by atoms with Crippen LogP contribution in [0.25, 0.3) is 0 Å². The van der Waals surface area contributed by atoms with Crippen molar-refractivity contribution in [2.75, 3.05) is 46.1 Å². The van der Waals surface area contributed by atoms with Crippen LogP contribution in [0.1, 0.15) is 41.8 Å². The highest BCUT2D eigenvalue weighted by atomic mass is 16.6.